The lowest BCUT2D eigenvalue weighted by molar-refractivity contribution is 0.102. The number of H-pyrrole nitrogens is 2. The van der Waals surface area contributed by atoms with Crippen molar-refractivity contribution in [1.29, 1.82) is 0 Å². The number of nitrogens with one attached hydrogen (secondary N) is 4. The molecule has 3 aromatic rings. The zero-order valence-corrected chi connectivity index (χ0v) is 18.1. The molecule has 0 saturated carbocycles. The minimum atomic E-state index is -3.52. The second kappa shape index (κ2) is 8.82. The lowest BCUT2D eigenvalue weighted by atomic mass is 10.1. The first-order valence-electron chi connectivity index (χ1n) is 9.62. The molecular weight excluding hydrogens is 422 g/mol. The highest BCUT2D eigenvalue weighted by Crippen LogP contribution is 2.16. The SMILES string of the molecule is CCC(C)NS(=O)(=O)Cc1cccc(NC(=O)c2cc(C)c3c(=O)[nH]c(=O)[nH]c3n2)c1. The van der Waals surface area contributed by atoms with Gasteiger partial charge in [-0.15, -0.1) is 0 Å². The number of carbonyl (C=O) groups is 1. The van der Waals surface area contributed by atoms with E-state index in [9.17, 15) is 22.8 Å². The van der Waals surface area contributed by atoms with Gasteiger partial charge in [0.2, 0.25) is 10.0 Å². The predicted molar refractivity (Wildman–Crippen MR) is 118 cm³/mol. The molecule has 4 N–H and O–H groups in total. The lowest BCUT2D eigenvalue weighted by Gasteiger charge is -2.13. The number of aromatic nitrogens is 3. The van der Waals surface area contributed by atoms with Gasteiger partial charge in [0.1, 0.15) is 11.3 Å². The number of amides is 1. The van der Waals surface area contributed by atoms with Crippen LogP contribution < -0.4 is 21.3 Å². The molecule has 1 aromatic carbocycles. The summed E-state index contributed by atoms with van der Waals surface area (Å²) in [5, 5.41) is 2.85. The van der Waals surface area contributed by atoms with Crippen molar-refractivity contribution in [2.45, 2.75) is 39.0 Å². The smallest absolute Gasteiger partial charge is 0.321 e. The van der Waals surface area contributed by atoms with E-state index < -0.39 is 27.2 Å². The first kappa shape index (κ1) is 22.4. The number of rotatable bonds is 7. The number of anilines is 1. The molecule has 164 valence electrons. The second-order valence-electron chi connectivity index (χ2n) is 7.30. The summed E-state index contributed by atoms with van der Waals surface area (Å²) in [6.07, 6.45) is 0.671. The average Bonchev–Trinajstić information content (AvgIpc) is 2.66. The summed E-state index contributed by atoms with van der Waals surface area (Å²) < 4.78 is 27.1. The van der Waals surface area contributed by atoms with Crippen molar-refractivity contribution < 1.29 is 13.2 Å². The highest BCUT2D eigenvalue weighted by Gasteiger charge is 2.16. The summed E-state index contributed by atoms with van der Waals surface area (Å²) >= 11 is 0. The van der Waals surface area contributed by atoms with Gasteiger partial charge in [-0.05, 0) is 49.6 Å². The molecule has 2 heterocycles. The number of sulfonamides is 1. The number of fused-ring (bicyclic) bond motifs is 1. The first-order valence-corrected chi connectivity index (χ1v) is 11.3. The summed E-state index contributed by atoms with van der Waals surface area (Å²) in [4.78, 5) is 44.8. The van der Waals surface area contributed by atoms with E-state index in [1.807, 2.05) is 6.92 Å². The van der Waals surface area contributed by atoms with Gasteiger partial charge in [0.15, 0.2) is 0 Å². The third kappa shape index (κ3) is 5.44. The van der Waals surface area contributed by atoms with Crippen molar-refractivity contribution in [3.63, 3.8) is 0 Å². The van der Waals surface area contributed by atoms with Gasteiger partial charge in [-0.1, -0.05) is 19.1 Å². The maximum atomic E-state index is 12.7. The monoisotopic (exact) mass is 445 g/mol. The first-order chi connectivity index (χ1) is 14.6. The topological polar surface area (TPSA) is 154 Å². The number of benzene rings is 1. The molecular formula is C20H23N5O5S. The van der Waals surface area contributed by atoms with Gasteiger partial charge in [0, 0.05) is 11.7 Å². The fraction of sp³-hybridized carbons (Fsp3) is 0.300. The molecule has 0 aliphatic rings. The van der Waals surface area contributed by atoms with Gasteiger partial charge in [-0.25, -0.2) is 22.9 Å². The minimum absolute atomic E-state index is 0.00251. The van der Waals surface area contributed by atoms with Gasteiger partial charge < -0.3 is 5.32 Å². The van der Waals surface area contributed by atoms with Gasteiger partial charge in [-0.2, -0.15) is 0 Å². The molecule has 0 spiro atoms. The van der Waals surface area contributed by atoms with Crippen LogP contribution in [0.1, 0.15) is 41.9 Å². The number of carbonyl (C=O) groups excluding carboxylic acids is 1. The van der Waals surface area contributed by atoms with Gasteiger partial charge in [0.05, 0.1) is 11.1 Å². The number of pyridine rings is 1. The van der Waals surface area contributed by atoms with Crippen LogP contribution in [0.5, 0.6) is 0 Å². The standard InChI is InChI=1S/C20H23N5O5S/c1-4-12(3)25-31(29,30)10-13-6-5-7-14(9-13)21-18(26)15-8-11(2)16-17(22-15)23-20(28)24-19(16)27/h5-9,12,25H,4,10H2,1-3H3,(H,21,26)(H2,22,23,24,27,28). The van der Waals surface area contributed by atoms with Crippen molar-refractivity contribution in [2.24, 2.45) is 0 Å². The molecule has 0 saturated heterocycles. The highest BCUT2D eigenvalue weighted by atomic mass is 32.2. The lowest BCUT2D eigenvalue weighted by Crippen LogP contribution is -2.32. The molecule has 0 aliphatic heterocycles. The van der Waals surface area contributed by atoms with Crippen LogP contribution in [-0.4, -0.2) is 35.3 Å². The Morgan fingerprint density at radius 2 is 1.94 bits per heavy atom. The zero-order chi connectivity index (χ0) is 22.8. The molecule has 11 heteroatoms. The molecule has 0 radical (unpaired) electrons. The van der Waals surface area contributed by atoms with E-state index in [2.05, 4.69) is 25.0 Å². The summed E-state index contributed by atoms with van der Waals surface area (Å²) in [5.41, 5.74) is 0.0750. The average molecular weight is 446 g/mol. The molecule has 0 bridgehead atoms. The number of nitrogens with zero attached hydrogens (tertiary/aromatic N) is 1. The van der Waals surface area contributed by atoms with Gasteiger partial charge in [0.25, 0.3) is 11.5 Å². The van der Waals surface area contributed by atoms with E-state index in [1.54, 1.807) is 38.1 Å². The Labute approximate surface area is 178 Å². The van der Waals surface area contributed by atoms with Crippen molar-refractivity contribution in [3.8, 4) is 0 Å². The third-order valence-corrected chi connectivity index (χ3v) is 6.14. The second-order valence-corrected chi connectivity index (χ2v) is 9.05. The van der Waals surface area contributed by atoms with Gasteiger partial charge in [-0.3, -0.25) is 19.6 Å². The highest BCUT2D eigenvalue weighted by molar-refractivity contribution is 7.88. The molecule has 31 heavy (non-hydrogen) atoms. The quantitative estimate of drug-likeness (QED) is 0.431. The Bertz CT molecular complexity index is 1360. The molecule has 1 unspecified atom stereocenters. The predicted octanol–water partition coefficient (Wildman–Crippen LogP) is 1.39. The Morgan fingerprint density at radius 3 is 2.65 bits per heavy atom. The number of hydrogen-bond donors (Lipinski definition) is 4. The summed E-state index contributed by atoms with van der Waals surface area (Å²) in [5.74, 6) is -0.790. The van der Waals surface area contributed by atoms with Crippen molar-refractivity contribution in [1.82, 2.24) is 19.7 Å². The maximum absolute atomic E-state index is 12.7. The summed E-state index contributed by atoms with van der Waals surface area (Å²) in [6.45, 7) is 5.30. The third-order valence-electron chi connectivity index (χ3n) is 4.67. The van der Waals surface area contributed by atoms with Crippen LogP contribution in [0.2, 0.25) is 0 Å². The Kier molecular flexibility index (Phi) is 6.37. The van der Waals surface area contributed by atoms with Crippen LogP contribution in [0, 0.1) is 6.92 Å². The van der Waals surface area contributed by atoms with Crippen LogP contribution >= 0.6 is 0 Å². The normalized spacial score (nSPS) is 12.6. The van der Waals surface area contributed by atoms with Gasteiger partial charge >= 0.3 is 5.69 Å². The summed E-state index contributed by atoms with van der Waals surface area (Å²) in [6, 6.07) is 7.75. The molecule has 0 fully saturated rings. The molecule has 0 aliphatic carbocycles. The van der Waals surface area contributed by atoms with Crippen LogP contribution in [0.3, 0.4) is 0 Å². The zero-order valence-electron chi connectivity index (χ0n) is 17.3. The summed E-state index contributed by atoms with van der Waals surface area (Å²) in [7, 11) is -3.52. The number of aryl methyl sites for hydroxylation is 1. The molecule has 1 amide bonds. The Balaban J connectivity index is 1.84. The Hall–Kier alpha value is -3.31. The molecule has 10 nitrogen and oxygen atoms in total. The van der Waals surface area contributed by atoms with E-state index in [-0.39, 0.29) is 28.5 Å². The largest absolute Gasteiger partial charge is 0.327 e. The minimum Gasteiger partial charge on any atom is -0.321 e. The van der Waals surface area contributed by atoms with Crippen LogP contribution in [0.25, 0.3) is 11.0 Å². The van der Waals surface area contributed by atoms with Crippen molar-refractivity contribution in [2.75, 3.05) is 5.32 Å². The van der Waals surface area contributed by atoms with E-state index in [0.717, 1.165) is 0 Å². The fourth-order valence-electron chi connectivity index (χ4n) is 3.06. The fourth-order valence-corrected chi connectivity index (χ4v) is 4.54. The van der Waals surface area contributed by atoms with E-state index in [0.29, 0.717) is 23.2 Å². The molecule has 1 atom stereocenters. The van der Waals surface area contributed by atoms with E-state index >= 15 is 0 Å². The van der Waals surface area contributed by atoms with Crippen LogP contribution in [-0.2, 0) is 15.8 Å². The van der Waals surface area contributed by atoms with Crippen molar-refractivity contribution in [3.05, 3.63) is 68.0 Å². The van der Waals surface area contributed by atoms with E-state index in [4.69, 9.17) is 0 Å². The van der Waals surface area contributed by atoms with E-state index in [1.165, 1.54) is 6.07 Å². The molecule has 3 rings (SSSR count). The van der Waals surface area contributed by atoms with Crippen molar-refractivity contribution >= 4 is 32.7 Å². The van der Waals surface area contributed by atoms with Crippen LogP contribution in [0.15, 0.2) is 39.9 Å². The maximum Gasteiger partial charge on any atom is 0.327 e. The number of aromatic amines is 2. The van der Waals surface area contributed by atoms with Crippen LogP contribution in [0.4, 0.5) is 5.69 Å². The molecule has 2 aromatic heterocycles. The Morgan fingerprint density at radius 1 is 1.19 bits per heavy atom. The number of hydrogen-bond acceptors (Lipinski definition) is 6.